The molecule has 1 aromatic carbocycles. The van der Waals surface area contributed by atoms with Crippen LogP contribution in [0.25, 0.3) is 0 Å². The highest BCUT2D eigenvalue weighted by Crippen LogP contribution is 2.29. The van der Waals surface area contributed by atoms with E-state index in [0.717, 1.165) is 12.0 Å². The van der Waals surface area contributed by atoms with Gasteiger partial charge in [-0.2, -0.15) is 0 Å². The fraction of sp³-hybridized carbons (Fsp3) is 0.500. The van der Waals surface area contributed by atoms with Gasteiger partial charge in [0.25, 0.3) is 5.91 Å². The Kier molecular flexibility index (Phi) is 2.33. The number of aryl methyl sites for hydroxylation is 1. The number of hydrogen-bond acceptors (Lipinski definition) is 1. The lowest BCUT2D eigenvalue weighted by Crippen LogP contribution is -2.49. The first-order valence-electron chi connectivity index (χ1n) is 5.74. The number of rotatable bonds is 0. The molecule has 1 heterocycles. The molecule has 0 saturated carbocycles. The summed E-state index contributed by atoms with van der Waals surface area (Å²) in [6.07, 6.45) is 0.918. The zero-order valence-corrected chi connectivity index (χ0v) is 10.7. The van der Waals surface area contributed by atoms with Crippen LogP contribution in [0.3, 0.4) is 0 Å². The smallest absolute Gasteiger partial charge is 0.251 e. The molecule has 2 rings (SSSR count). The molecule has 0 saturated heterocycles. The molecule has 0 spiro atoms. The van der Waals surface area contributed by atoms with Crippen molar-refractivity contribution in [3.8, 4) is 0 Å². The first-order valence-corrected chi connectivity index (χ1v) is 5.74. The largest absolute Gasteiger partial charge is 0.347 e. The maximum absolute atomic E-state index is 12.0. The van der Waals surface area contributed by atoms with Crippen LogP contribution in [-0.2, 0) is 6.42 Å². The molecule has 86 valence electrons. The quantitative estimate of drug-likeness (QED) is 0.711. The SMILES string of the molecule is Cc1cc2c(c(C)c1C)CC(C)(C)NC2=O. The van der Waals surface area contributed by atoms with Gasteiger partial charge in [-0.1, -0.05) is 0 Å². The van der Waals surface area contributed by atoms with Crippen LogP contribution in [0.15, 0.2) is 6.07 Å². The molecule has 0 aromatic heterocycles. The third-order valence-electron chi connectivity index (χ3n) is 3.61. The first kappa shape index (κ1) is 11.2. The highest BCUT2D eigenvalue weighted by molar-refractivity contribution is 5.98. The Morgan fingerprint density at radius 2 is 1.81 bits per heavy atom. The van der Waals surface area contributed by atoms with Crippen LogP contribution in [0.4, 0.5) is 0 Å². The summed E-state index contributed by atoms with van der Waals surface area (Å²) in [6.45, 7) is 10.5. The highest BCUT2D eigenvalue weighted by atomic mass is 16.1. The van der Waals surface area contributed by atoms with Crippen molar-refractivity contribution in [2.45, 2.75) is 46.6 Å². The monoisotopic (exact) mass is 217 g/mol. The minimum atomic E-state index is -0.128. The van der Waals surface area contributed by atoms with Crippen LogP contribution in [0.2, 0.25) is 0 Å². The van der Waals surface area contributed by atoms with Crippen molar-refractivity contribution in [2.24, 2.45) is 0 Å². The van der Waals surface area contributed by atoms with Gasteiger partial charge in [-0.15, -0.1) is 0 Å². The molecule has 1 amide bonds. The number of amides is 1. The van der Waals surface area contributed by atoms with Crippen LogP contribution < -0.4 is 5.32 Å². The molecule has 1 aliphatic heterocycles. The van der Waals surface area contributed by atoms with E-state index in [4.69, 9.17) is 0 Å². The summed E-state index contributed by atoms with van der Waals surface area (Å²) < 4.78 is 0. The van der Waals surface area contributed by atoms with Gasteiger partial charge in [-0.05, 0) is 69.4 Å². The molecule has 0 atom stereocenters. The van der Waals surface area contributed by atoms with Crippen LogP contribution in [0.5, 0.6) is 0 Å². The number of benzene rings is 1. The Bertz CT molecular complexity index is 472. The van der Waals surface area contributed by atoms with E-state index in [9.17, 15) is 4.79 Å². The predicted molar refractivity (Wildman–Crippen MR) is 65.9 cm³/mol. The first-order chi connectivity index (χ1) is 7.32. The van der Waals surface area contributed by atoms with E-state index in [-0.39, 0.29) is 11.4 Å². The maximum Gasteiger partial charge on any atom is 0.251 e. The number of carbonyl (C=O) groups excluding carboxylic acids is 1. The molecular formula is C14H19NO. The summed E-state index contributed by atoms with van der Waals surface area (Å²) in [4.78, 5) is 12.0. The molecule has 2 nitrogen and oxygen atoms in total. The maximum atomic E-state index is 12.0. The van der Waals surface area contributed by atoms with E-state index in [1.807, 2.05) is 6.07 Å². The number of carbonyl (C=O) groups is 1. The second-order valence-corrected chi connectivity index (χ2v) is 5.48. The molecule has 1 N–H and O–H groups in total. The fourth-order valence-corrected chi connectivity index (χ4v) is 2.43. The predicted octanol–water partition coefficient (Wildman–Crippen LogP) is 2.68. The summed E-state index contributed by atoms with van der Waals surface area (Å²) in [6, 6.07) is 2.02. The van der Waals surface area contributed by atoms with E-state index in [0.29, 0.717) is 0 Å². The summed E-state index contributed by atoms with van der Waals surface area (Å²) in [5, 5.41) is 3.05. The zero-order chi connectivity index (χ0) is 12.1. The summed E-state index contributed by atoms with van der Waals surface area (Å²) in [7, 11) is 0. The number of nitrogens with one attached hydrogen (secondary N) is 1. The van der Waals surface area contributed by atoms with Crippen LogP contribution in [0.1, 0.15) is 46.5 Å². The minimum Gasteiger partial charge on any atom is -0.347 e. The van der Waals surface area contributed by atoms with Gasteiger partial charge in [0.05, 0.1) is 0 Å². The third kappa shape index (κ3) is 1.62. The molecule has 0 unspecified atom stereocenters. The molecular weight excluding hydrogens is 198 g/mol. The van der Waals surface area contributed by atoms with Gasteiger partial charge >= 0.3 is 0 Å². The summed E-state index contributed by atoms with van der Waals surface area (Å²) in [5.41, 5.74) is 5.74. The van der Waals surface area contributed by atoms with Gasteiger partial charge in [0.2, 0.25) is 0 Å². The molecule has 0 bridgehead atoms. The van der Waals surface area contributed by atoms with Gasteiger partial charge in [0.1, 0.15) is 0 Å². The van der Waals surface area contributed by atoms with Crippen LogP contribution in [0, 0.1) is 20.8 Å². The van der Waals surface area contributed by atoms with Gasteiger partial charge in [-0.3, -0.25) is 4.79 Å². The average molecular weight is 217 g/mol. The van der Waals surface area contributed by atoms with Crippen molar-refractivity contribution in [3.63, 3.8) is 0 Å². The van der Waals surface area contributed by atoms with E-state index in [1.165, 1.54) is 22.3 Å². The van der Waals surface area contributed by atoms with Crippen LogP contribution in [-0.4, -0.2) is 11.4 Å². The second-order valence-electron chi connectivity index (χ2n) is 5.48. The van der Waals surface area contributed by atoms with Gasteiger partial charge in [0.15, 0.2) is 0 Å². The lowest BCUT2D eigenvalue weighted by molar-refractivity contribution is 0.0896. The molecule has 0 aliphatic carbocycles. The van der Waals surface area contributed by atoms with Crippen molar-refractivity contribution in [1.82, 2.24) is 5.32 Å². The molecule has 1 aromatic rings. The lowest BCUT2D eigenvalue weighted by Gasteiger charge is -2.34. The normalized spacial score (nSPS) is 17.9. The molecule has 2 heteroatoms. The van der Waals surface area contributed by atoms with Crippen molar-refractivity contribution < 1.29 is 4.79 Å². The standard InChI is InChI=1S/C14H19NO/c1-8-6-11-12(10(3)9(8)2)7-14(4,5)15-13(11)16/h6H,7H2,1-5H3,(H,15,16). The van der Waals surface area contributed by atoms with Crippen molar-refractivity contribution in [1.29, 1.82) is 0 Å². The van der Waals surface area contributed by atoms with Crippen molar-refractivity contribution in [2.75, 3.05) is 0 Å². The molecule has 0 fully saturated rings. The van der Waals surface area contributed by atoms with E-state index in [2.05, 4.69) is 39.9 Å². The zero-order valence-electron chi connectivity index (χ0n) is 10.7. The second kappa shape index (κ2) is 3.34. The highest BCUT2D eigenvalue weighted by Gasteiger charge is 2.31. The summed E-state index contributed by atoms with van der Waals surface area (Å²) in [5.74, 6) is 0.0671. The number of hydrogen-bond donors (Lipinski definition) is 1. The average Bonchev–Trinajstić information content (AvgIpc) is 2.16. The minimum absolute atomic E-state index is 0.0671. The fourth-order valence-electron chi connectivity index (χ4n) is 2.43. The Morgan fingerprint density at radius 3 is 2.44 bits per heavy atom. The summed E-state index contributed by atoms with van der Waals surface area (Å²) >= 11 is 0. The van der Waals surface area contributed by atoms with Gasteiger partial charge < -0.3 is 5.32 Å². The topological polar surface area (TPSA) is 29.1 Å². The Hall–Kier alpha value is -1.31. The van der Waals surface area contributed by atoms with Crippen LogP contribution >= 0.6 is 0 Å². The molecule has 16 heavy (non-hydrogen) atoms. The van der Waals surface area contributed by atoms with Gasteiger partial charge in [-0.25, -0.2) is 0 Å². The third-order valence-corrected chi connectivity index (χ3v) is 3.61. The van der Waals surface area contributed by atoms with Crippen molar-refractivity contribution >= 4 is 5.91 Å². The Balaban J connectivity index is 2.67. The number of fused-ring (bicyclic) bond motifs is 1. The molecule has 0 radical (unpaired) electrons. The lowest BCUT2D eigenvalue weighted by atomic mass is 9.82. The van der Waals surface area contributed by atoms with E-state index >= 15 is 0 Å². The van der Waals surface area contributed by atoms with E-state index < -0.39 is 0 Å². The van der Waals surface area contributed by atoms with Crippen molar-refractivity contribution in [3.05, 3.63) is 33.9 Å². The molecule has 1 aliphatic rings. The Morgan fingerprint density at radius 1 is 1.19 bits per heavy atom. The van der Waals surface area contributed by atoms with Gasteiger partial charge in [0, 0.05) is 11.1 Å². The Labute approximate surface area is 97.1 Å². The van der Waals surface area contributed by atoms with E-state index in [1.54, 1.807) is 0 Å².